The van der Waals surface area contributed by atoms with Crippen LogP contribution in [0.4, 0.5) is 5.69 Å². The molecule has 0 unspecified atom stereocenters. The number of halogens is 1. The van der Waals surface area contributed by atoms with Crippen molar-refractivity contribution in [3.63, 3.8) is 0 Å². The van der Waals surface area contributed by atoms with Gasteiger partial charge in [-0.15, -0.1) is 0 Å². The molecule has 0 saturated heterocycles. The number of amides is 1. The van der Waals surface area contributed by atoms with Crippen LogP contribution in [0.5, 0.6) is 0 Å². The maximum Gasteiger partial charge on any atom is 0.242 e. The number of carbonyl (C=O) groups excluding carboxylic acids is 1. The number of nitrogens with one attached hydrogen (secondary N) is 3. The number of hydrogen-bond donors (Lipinski definition) is 3. The molecule has 1 amide bonds. The van der Waals surface area contributed by atoms with Crippen molar-refractivity contribution in [3.05, 3.63) is 64.2 Å². The van der Waals surface area contributed by atoms with E-state index in [1.807, 2.05) is 44.2 Å². The zero-order valence-corrected chi connectivity index (χ0v) is 14.5. The lowest BCUT2D eigenvalue weighted by molar-refractivity contribution is -0.120. The number of anilines is 1. The smallest absolute Gasteiger partial charge is 0.242 e. The highest BCUT2D eigenvalue weighted by Gasteiger charge is 2.05. The molecule has 0 bridgehead atoms. The van der Waals surface area contributed by atoms with Gasteiger partial charge in [0.15, 0.2) is 5.11 Å². The Morgan fingerprint density at radius 1 is 1.09 bits per heavy atom. The molecule has 0 heterocycles. The van der Waals surface area contributed by atoms with E-state index in [4.69, 9.17) is 23.8 Å². The molecular formula is C17H18ClN3OS. The summed E-state index contributed by atoms with van der Waals surface area (Å²) in [5.41, 5.74) is 9.33. The lowest BCUT2D eigenvalue weighted by Gasteiger charge is -2.12. The molecule has 120 valence electrons. The molecule has 0 spiro atoms. The van der Waals surface area contributed by atoms with Gasteiger partial charge >= 0.3 is 0 Å². The molecule has 23 heavy (non-hydrogen) atoms. The van der Waals surface area contributed by atoms with Crippen LogP contribution < -0.4 is 16.2 Å². The molecule has 2 rings (SSSR count). The summed E-state index contributed by atoms with van der Waals surface area (Å²) in [5, 5.41) is 3.84. The minimum absolute atomic E-state index is 0.163. The third-order valence-electron chi connectivity index (χ3n) is 3.33. The summed E-state index contributed by atoms with van der Waals surface area (Å²) in [5.74, 6) is -0.163. The second kappa shape index (κ2) is 7.94. The van der Waals surface area contributed by atoms with E-state index in [0.717, 1.165) is 11.3 Å². The predicted molar refractivity (Wildman–Crippen MR) is 98.6 cm³/mol. The zero-order chi connectivity index (χ0) is 16.8. The fourth-order valence-electron chi connectivity index (χ4n) is 2.00. The minimum Gasteiger partial charge on any atom is -0.331 e. The maximum atomic E-state index is 11.9. The second-order valence-corrected chi connectivity index (χ2v) is 6.08. The Labute approximate surface area is 146 Å². The van der Waals surface area contributed by atoms with Crippen LogP contribution in [0, 0.1) is 13.8 Å². The van der Waals surface area contributed by atoms with E-state index in [-0.39, 0.29) is 12.3 Å². The summed E-state index contributed by atoms with van der Waals surface area (Å²) in [4.78, 5) is 11.9. The van der Waals surface area contributed by atoms with Gasteiger partial charge in [0.05, 0.1) is 6.42 Å². The van der Waals surface area contributed by atoms with Crippen LogP contribution in [0.1, 0.15) is 16.7 Å². The SMILES string of the molecule is Cc1ccc(CC(=O)NNC(=S)Nc2cccc(Cl)c2)cc1C. The summed E-state index contributed by atoms with van der Waals surface area (Å²) in [6.45, 7) is 4.07. The number of thiocarbonyl (C=S) groups is 1. The van der Waals surface area contributed by atoms with Gasteiger partial charge in [0.25, 0.3) is 0 Å². The minimum atomic E-state index is -0.163. The van der Waals surface area contributed by atoms with Crippen molar-refractivity contribution in [1.29, 1.82) is 0 Å². The zero-order valence-electron chi connectivity index (χ0n) is 12.9. The van der Waals surface area contributed by atoms with E-state index < -0.39 is 0 Å². The molecular weight excluding hydrogens is 330 g/mol. The Bertz CT molecular complexity index is 734. The molecule has 6 heteroatoms. The highest BCUT2D eigenvalue weighted by Crippen LogP contribution is 2.14. The standard InChI is InChI=1S/C17H18ClN3OS/c1-11-6-7-13(8-12(11)2)9-16(22)20-21-17(23)19-15-5-3-4-14(18)10-15/h3-8,10H,9H2,1-2H3,(H,20,22)(H2,19,21,23). The van der Waals surface area contributed by atoms with Crippen molar-refractivity contribution in [3.8, 4) is 0 Å². The molecule has 0 saturated carbocycles. The second-order valence-electron chi connectivity index (χ2n) is 5.23. The third-order valence-corrected chi connectivity index (χ3v) is 3.77. The summed E-state index contributed by atoms with van der Waals surface area (Å²) in [6.07, 6.45) is 0.286. The Morgan fingerprint density at radius 2 is 1.87 bits per heavy atom. The Balaban J connectivity index is 1.81. The van der Waals surface area contributed by atoms with E-state index in [9.17, 15) is 4.79 Å². The molecule has 2 aromatic carbocycles. The highest BCUT2D eigenvalue weighted by atomic mass is 35.5. The van der Waals surface area contributed by atoms with E-state index >= 15 is 0 Å². The van der Waals surface area contributed by atoms with E-state index in [1.54, 1.807) is 12.1 Å². The molecule has 2 aromatic rings. The molecule has 4 nitrogen and oxygen atoms in total. The van der Waals surface area contributed by atoms with Crippen LogP contribution in [0.2, 0.25) is 5.02 Å². The Morgan fingerprint density at radius 3 is 2.57 bits per heavy atom. The summed E-state index contributed by atoms with van der Waals surface area (Å²) >= 11 is 11.0. The molecule has 3 N–H and O–H groups in total. The first kappa shape index (κ1) is 17.2. The predicted octanol–water partition coefficient (Wildman–Crippen LogP) is 3.52. The monoisotopic (exact) mass is 347 g/mol. The van der Waals surface area contributed by atoms with Crippen molar-refractivity contribution in [2.75, 3.05) is 5.32 Å². The first-order valence-corrected chi connectivity index (χ1v) is 7.90. The lowest BCUT2D eigenvalue weighted by Crippen LogP contribution is -2.44. The third kappa shape index (κ3) is 5.54. The van der Waals surface area contributed by atoms with Gasteiger partial charge in [-0.2, -0.15) is 0 Å². The van der Waals surface area contributed by atoms with E-state index in [1.165, 1.54) is 11.1 Å². The molecule has 0 fully saturated rings. The molecule has 0 aliphatic heterocycles. The van der Waals surface area contributed by atoms with Gasteiger partial charge in [0, 0.05) is 10.7 Å². The average molecular weight is 348 g/mol. The number of rotatable bonds is 3. The number of hydrazine groups is 1. The fourth-order valence-corrected chi connectivity index (χ4v) is 2.36. The number of aryl methyl sites for hydroxylation is 2. The average Bonchev–Trinajstić information content (AvgIpc) is 2.49. The molecule has 0 radical (unpaired) electrons. The van der Waals surface area contributed by atoms with E-state index in [0.29, 0.717) is 10.1 Å². The summed E-state index contributed by atoms with van der Waals surface area (Å²) in [6, 6.07) is 13.1. The van der Waals surface area contributed by atoms with Gasteiger partial charge < -0.3 is 5.32 Å². The van der Waals surface area contributed by atoms with Crippen LogP contribution in [-0.4, -0.2) is 11.0 Å². The fraction of sp³-hybridized carbons (Fsp3) is 0.176. The van der Waals surface area contributed by atoms with E-state index in [2.05, 4.69) is 16.2 Å². The summed E-state index contributed by atoms with van der Waals surface area (Å²) in [7, 11) is 0. The van der Waals surface area contributed by atoms with Crippen LogP contribution in [0.3, 0.4) is 0 Å². The van der Waals surface area contributed by atoms with Gasteiger partial charge in [-0.3, -0.25) is 15.6 Å². The van der Waals surface area contributed by atoms with Crippen LogP contribution in [0.15, 0.2) is 42.5 Å². The van der Waals surface area contributed by atoms with Gasteiger partial charge in [0.2, 0.25) is 5.91 Å². The van der Waals surface area contributed by atoms with Crippen molar-refractivity contribution >= 4 is 40.5 Å². The van der Waals surface area contributed by atoms with Gasteiger partial charge in [0.1, 0.15) is 0 Å². The van der Waals surface area contributed by atoms with Crippen molar-refractivity contribution in [2.24, 2.45) is 0 Å². The number of carbonyl (C=O) groups is 1. The molecule has 0 aliphatic rings. The first-order chi connectivity index (χ1) is 10.9. The van der Waals surface area contributed by atoms with Gasteiger partial charge in [-0.1, -0.05) is 35.9 Å². The summed E-state index contributed by atoms with van der Waals surface area (Å²) < 4.78 is 0. The largest absolute Gasteiger partial charge is 0.331 e. The van der Waals surface area contributed by atoms with Gasteiger partial charge in [-0.25, -0.2) is 0 Å². The Kier molecular flexibility index (Phi) is 5.96. The van der Waals surface area contributed by atoms with Crippen LogP contribution in [-0.2, 0) is 11.2 Å². The normalized spacial score (nSPS) is 10.0. The topological polar surface area (TPSA) is 53.2 Å². The molecule has 0 aliphatic carbocycles. The number of benzene rings is 2. The van der Waals surface area contributed by atoms with Gasteiger partial charge in [-0.05, 0) is 61.0 Å². The quantitative estimate of drug-likeness (QED) is 0.587. The first-order valence-electron chi connectivity index (χ1n) is 7.11. The van der Waals surface area contributed by atoms with Crippen molar-refractivity contribution < 1.29 is 4.79 Å². The number of hydrogen-bond acceptors (Lipinski definition) is 2. The molecule has 0 atom stereocenters. The Hall–Kier alpha value is -2.11. The molecule has 0 aromatic heterocycles. The lowest BCUT2D eigenvalue weighted by atomic mass is 10.0. The maximum absolute atomic E-state index is 11.9. The van der Waals surface area contributed by atoms with Crippen molar-refractivity contribution in [1.82, 2.24) is 10.9 Å². The highest BCUT2D eigenvalue weighted by molar-refractivity contribution is 7.80. The van der Waals surface area contributed by atoms with Crippen molar-refractivity contribution in [2.45, 2.75) is 20.3 Å². The van der Waals surface area contributed by atoms with Crippen LogP contribution in [0.25, 0.3) is 0 Å². The van der Waals surface area contributed by atoms with Crippen LogP contribution >= 0.6 is 23.8 Å².